The van der Waals surface area contributed by atoms with E-state index in [4.69, 9.17) is 10.0 Å². The van der Waals surface area contributed by atoms with Crippen LogP contribution < -0.4 is 16.5 Å². The molecule has 1 spiro atoms. The van der Waals surface area contributed by atoms with Crippen molar-refractivity contribution in [2.24, 2.45) is 5.84 Å². The van der Waals surface area contributed by atoms with Crippen molar-refractivity contribution in [2.75, 3.05) is 18.4 Å². The second-order valence-corrected chi connectivity index (χ2v) is 10.2. The van der Waals surface area contributed by atoms with E-state index in [0.717, 1.165) is 23.4 Å². The van der Waals surface area contributed by atoms with E-state index in [2.05, 4.69) is 10.6 Å². The third kappa shape index (κ3) is 5.59. The van der Waals surface area contributed by atoms with Crippen LogP contribution in [0.3, 0.4) is 0 Å². The van der Waals surface area contributed by atoms with Crippen LogP contribution in [0.5, 0.6) is 0 Å². The number of carbonyl (C=O) groups excluding carboxylic acids is 2. The highest BCUT2D eigenvalue weighted by atomic mass is 32.2. The molecule has 3 heterocycles. The van der Waals surface area contributed by atoms with Crippen LogP contribution in [0, 0.1) is 6.92 Å². The largest absolute Gasteiger partial charge is 0.425 e. The summed E-state index contributed by atoms with van der Waals surface area (Å²) in [4.78, 5) is 26.0. The number of anilines is 1. The van der Waals surface area contributed by atoms with Gasteiger partial charge in [0.25, 0.3) is 5.91 Å². The van der Waals surface area contributed by atoms with Crippen molar-refractivity contribution >= 4 is 29.9 Å². The highest BCUT2D eigenvalue weighted by Crippen LogP contribution is 2.37. The third-order valence-electron chi connectivity index (χ3n) is 6.68. The van der Waals surface area contributed by atoms with Crippen LogP contribution in [0.2, 0.25) is 0 Å². The molecule has 1 unspecified atom stereocenters. The summed E-state index contributed by atoms with van der Waals surface area (Å²) in [5.74, 6) is 6.18. The van der Waals surface area contributed by atoms with Gasteiger partial charge in [0.2, 0.25) is 0 Å². The Morgan fingerprint density at radius 1 is 1.14 bits per heavy atom. The molecule has 2 aromatic carbocycles. The number of nitrogens with two attached hydrogens (primary N) is 1. The van der Waals surface area contributed by atoms with E-state index in [9.17, 15) is 9.59 Å². The predicted molar refractivity (Wildman–Crippen MR) is 142 cm³/mol. The molecule has 2 fully saturated rings. The quantitative estimate of drug-likeness (QED) is 0.300. The Bertz CT molecular complexity index is 1180. The topological polar surface area (TPSA) is 106 Å². The number of rotatable bonds is 6. The maximum absolute atomic E-state index is 13.7. The monoisotopic (exact) mass is 521 g/mol. The Morgan fingerprint density at radius 3 is 2.62 bits per heavy atom. The number of amides is 2. The number of nitrogens with zero attached hydrogens (tertiary/aromatic N) is 4. The van der Waals surface area contributed by atoms with Gasteiger partial charge in [0.05, 0.1) is 6.04 Å². The fourth-order valence-corrected chi connectivity index (χ4v) is 5.45. The molecule has 0 saturated carbocycles. The van der Waals surface area contributed by atoms with Gasteiger partial charge in [0, 0.05) is 31.2 Å². The second kappa shape index (κ2) is 10.9. The molecular formula is C26H31N7O3S. The number of aryl methyl sites for hydroxylation is 1. The summed E-state index contributed by atoms with van der Waals surface area (Å²) in [5.41, 5.74) is 2.21. The van der Waals surface area contributed by atoms with E-state index in [1.165, 1.54) is 5.12 Å². The molecule has 11 heteroatoms. The lowest BCUT2D eigenvalue weighted by Gasteiger charge is -2.48. The van der Waals surface area contributed by atoms with Crippen LogP contribution in [-0.2, 0) is 15.4 Å². The molecule has 5 rings (SSSR count). The van der Waals surface area contributed by atoms with Gasteiger partial charge >= 0.3 is 6.09 Å². The van der Waals surface area contributed by atoms with Gasteiger partial charge < -0.3 is 4.18 Å². The number of hydrogen-bond donors (Lipinski definition) is 3. The normalized spacial score (nSPS) is 21.1. The predicted octanol–water partition coefficient (Wildman–Crippen LogP) is 3.29. The summed E-state index contributed by atoms with van der Waals surface area (Å²) in [7, 11) is 0. The first-order chi connectivity index (χ1) is 17.9. The zero-order valence-corrected chi connectivity index (χ0v) is 21.4. The molecule has 3 aliphatic heterocycles. The summed E-state index contributed by atoms with van der Waals surface area (Å²) in [5, 5.41) is 11.2. The average Bonchev–Trinajstić information content (AvgIpc) is 3.15. The van der Waals surface area contributed by atoms with E-state index in [-0.39, 0.29) is 11.9 Å². The van der Waals surface area contributed by atoms with Gasteiger partial charge in [-0.1, -0.05) is 42.5 Å². The number of hydrogen-bond acceptors (Lipinski definition) is 9. The Kier molecular flexibility index (Phi) is 7.38. The minimum absolute atomic E-state index is 0.0332. The van der Waals surface area contributed by atoms with Gasteiger partial charge in [0.15, 0.2) is 12.2 Å². The minimum Gasteiger partial charge on any atom is -0.358 e. The summed E-state index contributed by atoms with van der Waals surface area (Å²) in [6.07, 6.45) is 8.46. The first-order valence-corrected chi connectivity index (χ1v) is 12.9. The van der Waals surface area contributed by atoms with Gasteiger partial charge in [-0.25, -0.2) is 25.1 Å². The lowest BCUT2D eigenvalue weighted by Crippen LogP contribution is -2.65. The zero-order chi connectivity index (χ0) is 25.8. The van der Waals surface area contributed by atoms with Crippen molar-refractivity contribution in [3.05, 3.63) is 90.3 Å². The zero-order valence-electron chi connectivity index (χ0n) is 20.6. The first kappa shape index (κ1) is 25.2. The summed E-state index contributed by atoms with van der Waals surface area (Å²) < 4.78 is 7.38. The van der Waals surface area contributed by atoms with E-state index >= 15 is 0 Å². The molecule has 2 aromatic rings. The Hall–Kier alpha value is -3.51. The van der Waals surface area contributed by atoms with Crippen LogP contribution in [0.1, 0.15) is 24.0 Å². The minimum atomic E-state index is -0.620. The molecule has 3 aliphatic rings. The van der Waals surface area contributed by atoms with Crippen molar-refractivity contribution in [1.82, 2.24) is 24.9 Å². The number of hydrazine groups is 3. The SMILES string of the molecule is Cc1cccc(NC(=O)OSN2CCC3(CC2)NC(Cc2ccccc2)C(=O)N3N2C=CC=CN2N)c1. The maximum atomic E-state index is 13.7. The fourth-order valence-electron chi connectivity index (χ4n) is 4.91. The molecule has 10 nitrogen and oxygen atoms in total. The highest BCUT2D eigenvalue weighted by Gasteiger charge is 2.54. The van der Waals surface area contributed by atoms with Crippen LogP contribution in [-0.4, -0.2) is 56.3 Å². The Balaban J connectivity index is 1.24. The molecule has 4 N–H and O–H groups in total. The van der Waals surface area contributed by atoms with Crippen LogP contribution in [0.25, 0.3) is 0 Å². The van der Waals surface area contributed by atoms with Crippen LogP contribution in [0.15, 0.2) is 79.1 Å². The molecule has 0 radical (unpaired) electrons. The summed E-state index contributed by atoms with van der Waals surface area (Å²) >= 11 is 1.03. The highest BCUT2D eigenvalue weighted by molar-refractivity contribution is 7.92. The van der Waals surface area contributed by atoms with Crippen molar-refractivity contribution in [1.29, 1.82) is 0 Å². The Morgan fingerprint density at radius 2 is 1.89 bits per heavy atom. The van der Waals surface area contributed by atoms with Crippen molar-refractivity contribution < 1.29 is 13.8 Å². The Labute approximate surface area is 220 Å². The number of allylic oxidation sites excluding steroid dienone is 2. The lowest BCUT2D eigenvalue weighted by molar-refractivity contribution is -0.190. The molecule has 0 bridgehead atoms. The summed E-state index contributed by atoms with van der Waals surface area (Å²) in [6.45, 7) is 3.18. The van der Waals surface area contributed by atoms with E-state index < -0.39 is 11.8 Å². The van der Waals surface area contributed by atoms with E-state index in [1.807, 2.05) is 78.0 Å². The molecule has 194 valence electrons. The third-order valence-corrected chi connectivity index (χ3v) is 7.48. The van der Waals surface area contributed by atoms with Crippen LogP contribution >= 0.6 is 12.2 Å². The molecule has 2 amide bonds. The molecule has 0 aliphatic carbocycles. The van der Waals surface area contributed by atoms with Crippen molar-refractivity contribution in [3.63, 3.8) is 0 Å². The first-order valence-electron chi connectivity index (χ1n) is 12.2. The van der Waals surface area contributed by atoms with E-state index in [1.54, 1.807) is 22.5 Å². The standard InChI is InChI=1S/C26H31N7O3S/c1-20-8-7-11-22(18-20)28-25(35)36-37-30-16-12-26(13-17-30)29-23(19-21-9-3-2-4-10-21)24(34)33(26)32-15-6-5-14-31(32)27/h2-11,14-15,18,23,29H,12-13,16-17,19,27H2,1H3,(H,28,35). The fraction of sp³-hybridized carbons (Fsp3) is 0.308. The van der Waals surface area contributed by atoms with Crippen molar-refractivity contribution in [2.45, 2.75) is 37.9 Å². The second-order valence-electron chi connectivity index (χ2n) is 9.32. The van der Waals surface area contributed by atoms with Crippen LogP contribution in [0.4, 0.5) is 10.5 Å². The van der Waals surface area contributed by atoms with Gasteiger partial charge in [-0.2, -0.15) is 5.12 Å². The molecule has 1 atom stereocenters. The summed E-state index contributed by atoms with van der Waals surface area (Å²) in [6, 6.07) is 17.1. The molecule has 37 heavy (non-hydrogen) atoms. The smallest absolute Gasteiger partial charge is 0.358 e. The maximum Gasteiger partial charge on any atom is 0.425 e. The van der Waals surface area contributed by atoms with E-state index in [0.29, 0.717) is 38.0 Å². The molecule has 0 aromatic heterocycles. The molecular weight excluding hydrogens is 490 g/mol. The number of carbonyl (C=O) groups is 2. The number of nitrogens with one attached hydrogen (secondary N) is 2. The van der Waals surface area contributed by atoms with Gasteiger partial charge in [-0.05, 0) is 61.6 Å². The van der Waals surface area contributed by atoms with Crippen molar-refractivity contribution in [3.8, 4) is 0 Å². The average molecular weight is 522 g/mol. The number of benzene rings is 2. The van der Waals surface area contributed by atoms with Gasteiger partial charge in [-0.3, -0.25) is 15.4 Å². The lowest BCUT2D eigenvalue weighted by atomic mass is 9.98. The van der Waals surface area contributed by atoms with Gasteiger partial charge in [0.1, 0.15) is 5.66 Å². The van der Waals surface area contributed by atoms with Gasteiger partial charge in [-0.15, -0.1) is 0 Å². The number of piperidine rings is 1. The molecule has 2 saturated heterocycles.